The average molecular weight is 328 g/mol. The van der Waals surface area contributed by atoms with E-state index in [-0.39, 0.29) is 23.7 Å². The minimum Gasteiger partial charge on any atom is -0.352 e. The third-order valence-corrected chi connectivity index (χ3v) is 4.94. The molecule has 1 aromatic carbocycles. The number of ether oxygens (including phenoxy) is 2. The molecule has 0 bridgehead atoms. The molecule has 124 valence electrons. The summed E-state index contributed by atoms with van der Waals surface area (Å²) in [4.78, 5) is 0.189. The van der Waals surface area contributed by atoms with E-state index in [0.717, 1.165) is 5.56 Å². The zero-order valence-corrected chi connectivity index (χ0v) is 14.1. The van der Waals surface area contributed by atoms with E-state index in [1.165, 1.54) is 0 Å². The lowest BCUT2D eigenvalue weighted by molar-refractivity contribution is -0.220. The molecule has 0 saturated carbocycles. The van der Waals surface area contributed by atoms with Crippen LogP contribution in [0.15, 0.2) is 29.2 Å². The van der Waals surface area contributed by atoms with E-state index in [0.29, 0.717) is 25.6 Å². The predicted octanol–water partition coefficient (Wildman–Crippen LogP) is 2.74. The predicted molar refractivity (Wildman–Crippen MR) is 83.0 cm³/mol. The van der Waals surface area contributed by atoms with E-state index in [2.05, 4.69) is 0 Å². The van der Waals surface area contributed by atoms with Crippen molar-refractivity contribution in [2.24, 2.45) is 11.8 Å². The maximum Gasteiger partial charge on any atom is 0.296 e. The van der Waals surface area contributed by atoms with Gasteiger partial charge in [-0.3, -0.25) is 4.18 Å². The lowest BCUT2D eigenvalue weighted by Crippen LogP contribution is -2.35. The van der Waals surface area contributed by atoms with Gasteiger partial charge in [-0.15, -0.1) is 0 Å². The molecular formula is C16H24O5S. The Labute approximate surface area is 132 Å². The number of rotatable bonds is 6. The van der Waals surface area contributed by atoms with Crippen molar-refractivity contribution in [3.63, 3.8) is 0 Å². The van der Waals surface area contributed by atoms with Crippen LogP contribution in [0.2, 0.25) is 0 Å². The van der Waals surface area contributed by atoms with Crippen molar-refractivity contribution in [1.82, 2.24) is 0 Å². The first kappa shape index (κ1) is 17.4. The molecule has 2 rings (SSSR count). The second-order valence-corrected chi connectivity index (χ2v) is 7.64. The summed E-state index contributed by atoms with van der Waals surface area (Å²) in [5.74, 6) is 0.488. The molecule has 1 heterocycles. The van der Waals surface area contributed by atoms with Gasteiger partial charge in [0.2, 0.25) is 0 Å². The Morgan fingerprint density at radius 3 is 2.32 bits per heavy atom. The highest BCUT2D eigenvalue weighted by Crippen LogP contribution is 2.20. The van der Waals surface area contributed by atoms with Gasteiger partial charge in [-0.25, -0.2) is 0 Å². The monoisotopic (exact) mass is 328 g/mol. The molecule has 22 heavy (non-hydrogen) atoms. The maximum absolute atomic E-state index is 12.0. The van der Waals surface area contributed by atoms with Crippen LogP contribution in [0.5, 0.6) is 0 Å². The van der Waals surface area contributed by atoms with Gasteiger partial charge >= 0.3 is 0 Å². The first-order valence-corrected chi connectivity index (χ1v) is 8.98. The molecule has 1 aliphatic heterocycles. The molecular weight excluding hydrogens is 304 g/mol. The van der Waals surface area contributed by atoms with Gasteiger partial charge in [0.25, 0.3) is 10.1 Å². The number of aryl methyl sites for hydroxylation is 1. The first-order valence-electron chi connectivity index (χ1n) is 7.58. The molecule has 0 unspecified atom stereocenters. The summed E-state index contributed by atoms with van der Waals surface area (Å²) in [6.07, 6.45) is 0.434. The third kappa shape index (κ3) is 4.78. The van der Waals surface area contributed by atoms with Crippen molar-refractivity contribution >= 4 is 10.1 Å². The van der Waals surface area contributed by atoms with Gasteiger partial charge in [-0.2, -0.15) is 8.42 Å². The molecule has 0 aromatic heterocycles. The summed E-state index contributed by atoms with van der Waals surface area (Å²) in [5.41, 5.74) is 1.01. The molecule has 5 nitrogen and oxygen atoms in total. The SMILES string of the molecule is Cc1ccc(S(=O)(=O)OCCC2COC(C(C)C)OC2)cc1. The Morgan fingerprint density at radius 1 is 1.18 bits per heavy atom. The Kier molecular flexibility index (Phi) is 5.97. The van der Waals surface area contributed by atoms with Crippen LogP contribution in [0.25, 0.3) is 0 Å². The molecule has 1 aliphatic rings. The average Bonchev–Trinajstić information content (AvgIpc) is 2.48. The fourth-order valence-corrected chi connectivity index (χ4v) is 3.13. The second-order valence-electron chi connectivity index (χ2n) is 6.02. The van der Waals surface area contributed by atoms with Crippen molar-refractivity contribution in [2.45, 2.75) is 38.4 Å². The van der Waals surface area contributed by atoms with Gasteiger partial charge in [-0.1, -0.05) is 31.5 Å². The highest BCUT2D eigenvalue weighted by atomic mass is 32.2. The van der Waals surface area contributed by atoms with Crippen LogP contribution in [0.3, 0.4) is 0 Å². The van der Waals surface area contributed by atoms with Crippen LogP contribution < -0.4 is 0 Å². The fraction of sp³-hybridized carbons (Fsp3) is 0.625. The Hall–Kier alpha value is -0.950. The minimum atomic E-state index is -3.68. The molecule has 6 heteroatoms. The van der Waals surface area contributed by atoms with Crippen molar-refractivity contribution < 1.29 is 22.1 Å². The fourth-order valence-electron chi connectivity index (χ4n) is 2.21. The Bertz CT molecular complexity index is 557. The number of hydrogen-bond donors (Lipinski definition) is 0. The van der Waals surface area contributed by atoms with Gasteiger partial charge in [0.05, 0.1) is 24.7 Å². The summed E-state index contributed by atoms with van der Waals surface area (Å²) < 4.78 is 40.4. The third-order valence-electron chi connectivity index (χ3n) is 3.61. The normalized spacial score (nSPS) is 22.9. The quantitative estimate of drug-likeness (QED) is 0.751. The van der Waals surface area contributed by atoms with Crippen molar-refractivity contribution in [1.29, 1.82) is 0 Å². The van der Waals surface area contributed by atoms with Crippen LogP contribution in [0, 0.1) is 18.8 Å². The molecule has 1 aromatic rings. The van der Waals surface area contributed by atoms with Gasteiger partial charge < -0.3 is 9.47 Å². The smallest absolute Gasteiger partial charge is 0.296 e. The number of benzene rings is 1. The summed E-state index contributed by atoms with van der Waals surface area (Å²) >= 11 is 0. The summed E-state index contributed by atoms with van der Waals surface area (Å²) in [6, 6.07) is 6.63. The van der Waals surface area contributed by atoms with Crippen LogP contribution in [0.4, 0.5) is 0 Å². The van der Waals surface area contributed by atoms with Crippen LogP contribution in [-0.2, 0) is 23.8 Å². The first-order chi connectivity index (χ1) is 10.4. The van der Waals surface area contributed by atoms with Gasteiger partial charge in [0.1, 0.15) is 0 Å². The molecule has 0 atom stereocenters. The van der Waals surface area contributed by atoms with E-state index < -0.39 is 10.1 Å². The topological polar surface area (TPSA) is 61.8 Å². The lowest BCUT2D eigenvalue weighted by Gasteiger charge is -2.31. The molecule has 1 saturated heterocycles. The molecule has 0 amide bonds. The lowest BCUT2D eigenvalue weighted by atomic mass is 10.1. The van der Waals surface area contributed by atoms with Gasteiger partial charge in [-0.05, 0) is 25.5 Å². The number of hydrogen-bond acceptors (Lipinski definition) is 5. The molecule has 0 N–H and O–H groups in total. The van der Waals surface area contributed by atoms with Crippen molar-refractivity contribution in [2.75, 3.05) is 19.8 Å². The summed E-state index contributed by atoms with van der Waals surface area (Å²) in [7, 11) is -3.68. The van der Waals surface area contributed by atoms with E-state index in [1.54, 1.807) is 24.3 Å². The molecule has 0 aliphatic carbocycles. The summed E-state index contributed by atoms with van der Waals surface area (Å²) in [6.45, 7) is 7.29. The van der Waals surface area contributed by atoms with Crippen molar-refractivity contribution in [3.8, 4) is 0 Å². The Morgan fingerprint density at radius 2 is 1.77 bits per heavy atom. The summed E-state index contributed by atoms with van der Waals surface area (Å²) in [5, 5.41) is 0. The van der Waals surface area contributed by atoms with E-state index in [4.69, 9.17) is 13.7 Å². The largest absolute Gasteiger partial charge is 0.352 e. The van der Waals surface area contributed by atoms with Crippen LogP contribution in [-0.4, -0.2) is 34.5 Å². The highest BCUT2D eigenvalue weighted by molar-refractivity contribution is 7.86. The van der Waals surface area contributed by atoms with E-state index >= 15 is 0 Å². The minimum absolute atomic E-state index is 0.139. The molecule has 0 spiro atoms. The molecule has 0 radical (unpaired) electrons. The van der Waals surface area contributed by atoms with E-state index in [1.807, 2.05) is 20.8 Å². The second kappa shape index (κ2) is 7.55. The van der Waals surface area contributed by atoms with Crippen LogP contribution in [0.1, 0.15) is 25.8 Å². The highest BCUT2D eigenvalue weighted by Gasteiger charge is 2.25. The van der Waals surface area contributed by atoms with Crippen LogP contribution >= 0.6 is 0 Å². The molecule has 1 fully saturated rings. The van der Waals surface area contributed by atoms with Gasteiger partial charge in [0, 0.05) is 11.8 Å². The maximum atomic E-state index is 12.0. The van der Waals surface area contributed by atoms with E-state index in [9.17, 15) is 8.42 Å². The zero-order chi connectivity index (χ0) is 16.2. The zero-order valence-electron chi connectivity index (χ0n) is 13.3. The van der Waals surface area contributed by atoms with Gasteiger partial charge in [0.15, 0.2) is 6.29 Å². The van der Waals surface area contributed by atoms with Crippen molar-refractivity contribution in [3.05, 3.63) is 29.8 Å². The Balaban J connectivity index is 1.78. The standard InChI is InChI=1S/C16H24O5S/c1-12(2)16-19-10-14(11-20-16)8-9-21-22(17,18)15-6-4-13(3)5-7-15/h4-7,12,14,16H,8-11H2,1-3H3.